The van der Waals surface area contributed by atoms with Crippen LogP contribution in [0.25, 0.3) is 5.69 Å². The molecule has 0 unspecified atom stereocenters. The Balaban J connectivity index is 1.65. The lowest BCUT2D eigenvalue weighted by Crippen LogP contribution is -2.31. The lowest BCUT2D eigenvalue weighted by Gasteiger charge is -2.22. The molecule has 0 saturated carbocycles. The summed E-state index contributed by atoms with van der Waals surface area (Å²) in [7, 11) is 0. The number of hydrogen-bond acceptors (Lipinski definition) is 4. The first-order valence-corrected chi connectivity index (χ1v) is 11.0. The van der Waals surface area contributed by atoms with E-state index in [2.05, 4.69) is 10.1 Å². The van der Waals surface area contributed by atoms with Crippen molar-refractivity contribution in [2.45, 2.75) is 19.3 Å². The van der Waals surface area contributed by atoms with Gasteiger partial charge in [-0.15, -0.1) is 5.10 Å². The highest BCUT2D eigenvalue weighted by Gasteiger charge is 2.31. The summed E-state index contributed by atoms with van der Waals surface area (Å²) in [5.74, 6) is -1.04. The predicted molar refractivity (Wildman–Crippen MR) is 125 cm³/mol. The SMILES string of the molecule is O=C(c1ncn(-c2cc(Cl)c(O)c(Cl)c2)n1)N(Cc1ccccc1)Cc1cccc(C(F)(F)F)c1. The van der Waals surface area contributed by atoms with Crippen LogP contribution in [-0.4, -0.2) is 30.7 Å². The van der Waals surface area contributed by atoms with Crippen LogP contribution in [0.5, 0.6) is 5.75 Å². The summed E-state index contributed by atoms with van der Waals surface area (Å²) in [6.07, 6.45) is -3.23. The van der Waals surface area contributed by atoms with Gasteiger partial charge in [-0.3, -0.25) is 4.79 Å². The molecule has 0 aliphatic heterocycles. The van der Waals surface area contributed by atoms with Crippen molar-refractivity contribution >= 4 is 29.1 Å². The van der Waals surface area contributed by atoms with Gasteiger partial charge in [-0.05, 0) is 35.4 Å². The number of aromatic hydroxyl groups is 1. The summed E-state index contributed by atoms with van der Waals surface area (Å²) >= 11 is 11.9. The second-order valence-corrected chi connectivity index (χ2v) is 8.43. The van der Waals surface area contributed by atoms with Crippen LogP contribution < -0.4 is 0 Å². The van der Waals surface area contributed by atoms with Crippen LogP contribution >= 0.6 is 23.2 Å². The number of nitrogens with zero attached hydrogens (tertiary/aromatic N) is 4. The number of halogens is 5. The molecule has 0 spiro atoms. The van der Waals surface area contributed by atoms with Crippen molar-refractivity contribution in [1.82, 2.24) is 19.7 Å². The third-order valence-corrected chi connectivity index (χ3v) is 5.66. The van der Waals surface area contributed by atoms with Crippen molar-refractivity contribution in [2.75, 3.05) is 0 Å². The van der Waals surface area contributed by atoms with Crippen molar-refractivity contribution < 1.29 is 23.1 Å². The Kier molecular flexibility index (Phi) is 7.00. The van der Waals surface area contributed by atoms with Crippen molar-refractivity contribution in [3.8, 4) is 11.4 Å². The largest absolute Gasteiger partial charge is 0.505 e. The number of carbonyl (C=O) groups excluding carboxylic acids is 1. The van der Waals surface area contributed by atoms with Crippen LogP contribution in [0.2, 0.25) is 10.0 Å². The minimum atomic E-state index is -4.50. The van der Waals surface area contributed by atoms with E-state index in [0.29, 0.717) is 11.3 Å². The summed E-state index contributed by atoms with van der Waals surface area (Å²) in [5, 5.41) is 13.9. The maximum absolute atomic E-state index is 13.3. The molecule has 0 aliphatic rings. The average Bonchev–Trinajstić information content (AvgIpc) is 3.32. The molecule has 0 fully saturated rings. The van der Waals surface area contributed by atoms with Crippen LogP contribution in [0.15, 0.2) is 73.1 Å². The van der Waals surface area contributed by atoms with E-state index in [1.54, 1.807) is 24.3 Å². The van der Waals surface area contributed by atoms with Gasteiger partial charge < -0.3 is 10.0 Å². The number of alkyl halides is 3. The molecule has 0 bridgehead atoms. The van der Waals surface area contributed by atoms with E-state index in [0.717, 1.165) is 17.7 Å². The fourth-order valence-corrected chi connectivity index (χ4v) is 3.86. The summed E-state index contributed by atoms with van der Waals surface area (Å²) < 4.78 is 40.8. The molecule has 11 heteroatoms. The molecule has 0 aliphatic carbocycles. The molecule has 180 valence electrons. The molecule has 3 aromatic carbocycles. The molecular weight excluding hydrogens is 504 g/mol. The lowest BCUT2D eigenvalue weighted by molar-refractivity contribution is -0.137. The van der Waals surface area contributed by atoms with Gasteiger partial charge in [0.25, 0.3) is 5.91 Å². The van der Waals surface area contributed by atoms with Crippen molar-refractivity contribution in [1.29, 1.82) is 0 Å². The second-order valence-electron chi connectivity index (χ2n) is 7.62. The zero-order valence-electron chi connectivity index (χ0n) is 17.9. The number of aromatic nitrogens is 3. The van der Waals surface area contributed by atoms with Crippen molar-refractivity contribution in [2.24, 2.45) is 0 Å². The number of hydrogen-bond donors (Lipinski definition) is 1. The van der Waals surface area contributed by atoms with Gasteiger partial charge in [0.15, 0.2) is 5.75 Å². The van der Waals surface area contributed by atoms with E-state index in [-0.39, 0.29) is 34.7 Å². The number of amides is 1. The maximum Gasteiger partial charge on any atom is 0.416 e. The molecule has 1 aromatic heterocycles. The summed E-state index contributed by atoms with van der Waals surface area (Å²) in [6, 6.07) is 16.6. The average molecular weight is 521 g/mol. The highest BCUT2D eigenvalue weighted by atomic mass is 35.5. The van der Waals surface area contributed by atoms with Crippen LogP contribution in [0.3, 0.4) is 0 Å². The number of rotatable bonds is 6. The fraction of sp³-hybridized carbons (Fsp3) is 0.125. The minimum absolute atomic E-state index is 0.00822. The molecule has 0 atom stereocenters. The Bertz CT molecular complexity index is 1340. The monoisotopic (exact) mass is 520 g/mol. The Labute approximate surface area is 208 Å². The number of benzene rings is 3. The molecule has 4 aromatic rings. The first-order valence-electron chi connectivity index (χ1n) is 10.2. The Morgan fingerprint density at radius 1 is 0.943 bits per heavy atom. The Morgan fingerprint density at radius 3 is 2.23 bits per heavy atom. The van der Waals surface area contributed by atoms with E-state index < -0.39 is 17.6 Å². The van der Waals surface area contributed by atoms with E-state index >= 15 is 0 Å². The van der Waals surface area contributed by atoms with Crippen molar-refractivity contribution in [3.05, 3.63) is 106 Å². The standard InChI is InChI=1S/C24H17Cl2F3N4O2/c25-19-10-18(11-20(26)21(19)34)33-14-30-22(31-33)23(35)32(12-15-5-2-1-3-6-15)13-16-7-4-8-17(9-16)24(27,28)29/h1-11,14,34H,12-13H2. The van der Waals surface area contributed by atoms with E-state index in [1.165, 1.54) is 40.2 Å². The summed E-state index contributed by atoms with van der Waals surface area (Å²) in [5.41, 5.74) is 0.646. The van der Waals surface area contributed by atoms with E-state index in [9.17, 15) is 23.1 Å². The third kappa shape index (κ3) is 5.75. The van der Waals surface area contributed by atoms with Gasteiger partial charge in [0, 0.05) is 13.1 Å². The molecule has 1 amide bonds. The number of carbonyl (C=O) groups is 1. The Hall–Kier alpha value is -3.56. The van der Waals surface area contributed by atoms with Gasteiger partial charge in [-0.2, -0.15) is 13.2 Å². The fourth-order valence-electron chi connectivity index (χ4n) is 3.38. The molecule has 35 heavy (non-hydrogen) atoms. The maximum atomic E-state index is 13.3. The zero-order chi connectivity index (χ0) is 25.2. The molecule has 1 heterocycles. The van der Waals surface area contributed by atoms with E-state index in [4.69, 9.17) is 23.2 Å². The van der Waals surface area contributed by atoms with E-state index in [1.807, 2.05) is 6.07 Å². The zero-order valence-corrected chi connectivity index (χ0v) is 19.4. The van der Waals surface area contributed by atoms with Gasteiger partial charge in [-0.1, -0.05) is 65.7 Å². The summed E-state index contributed by atoms with van der Waals surface area (Å²) in [4.78, 5) is 18.8. The second kappa shape index (κ2) is 9.97. The van der Waals surface area contributed by atoms with Crippen molar-refractivity contribution in [3.63, 3.8) is 0 Å². The smallest absolute Gasteiger partial charge is 0.416 e. The lowest BCUT2D eigenvalue weighted by atomic mass is 10.1. The van der Waals surface area contributed by atoms with Crippen LogP contribution in [0.4, 0.5) is 13.2 Å². The highest BCUT2D eigenvalue weighted by molar-refractivity contribution is 6.37. The van der Waals surface area contributed by atoms with Gasteiger partial charge in [0.05, 0.1) is 21.3 Å². The van der Waals surface area contributed by atoms with Gasteiger partial charge in [-0.25, -0.2) is 9.67 Å². The predicted octanol–water partition coefficient (Wildman–Crippen LogP) is 6.14. The quantitative estimate of drug-likeness (QED) is 0.331. The van der Waals surface area contributed by atoms with Crippen LogP contribution in [-0.2, 0) is 19.3 Å². The highest BCUT2D eigenvalue weighted by Crippen LogP contribution is 2.34. The van der Waals surface area contributed by atoms with Gasteiger partial charge in [0.1, 0.15) is 6.33 Å². The van der Waals surface area contributed by atoms with Crippen LogP contribution in [0, 0.1) is 0 Å². The molecule has 1 N–H and O–H groups in total. The third-order valence-electron chi connectivity index (χ3n) is 5.08. The first-order chi connectivity index (χ1) is 16.6. The molecule has 4 rings (SSSR count). The molecule has 0 saturated heterocycles. The minimum Gasteiger partial charge on any atom is -0.505 e. The summed E-state index contributed by atoms with van der Waals surface area (Å²) in [6.45, 7) is 0.0321. The molecular formula is C24H17Cl2F3N4O2. The van der Waals surface area contributed by atoms with Gasteiger partial charge >= 0.3 is 6.18 Å². The topological polar surface area (TPSA) is 71.2 Å². The van der Waals surface area contributed by atoms with Gasteiger partial charge in [0.2, 0.25) is 5.82 Å². The molecule has 6 nitrogen and oxygen atoms in total. The normalized spacial score (nSPS) is 11.5. The molecule has 0 radical (unpaired) electrons. The number of phenolic OH excluding ortho intramolecular Hbond substituents is 1. The van der Waals surface area contributed by atoms with Crippen LogP contribution in [0.1, 0.15) is 27.3 Å². The first kappa shape index (κ1) is 24.6. The Morgan fingerprint density at radius 2 is 1.57 bits per heavy atom. The number of phenols is 1.